The first kappa shape index (κ1) is 20.9. The second kappa shape index (κ2) is 9.13. The van der Waals surface area contributed by atoms with Crippen molar-refractivity contribution in [3.63, 3.8) is 0 Å². The first-order valence-electron chi connectivity index (χ1n) is 9.26. The topological polar surface area (TPSA) is 79.8 Å². The van der Waals surface area contributed by atoms with Gasteiger partial charge in [0, 0.05) is 38.1 Å². The Morgan fingerprint density at radius 3 is 2.79 bits per heavy atom. The molecule has 2 aromatic heterocycles. The Kier molecular flexibility index (Phi) is 6.82. The molecule has 3 rings (SSSR count). The SMILES string of the molecule is CCN(Cc1ccncc1)C1CCCN(S(=O)(=O)c2ccsc2C(=O)OC)C1. The average molecular weight is 424 g/mol. The summed E-state index contributed by atoms with van der Waals surface area (Å²) >= 11 is 1.09. The number of methoxy groups -OCH3 is 1. The van der Waals surface area contributed by atoms with Crippen molar-refractivity contribution in [1.29, 1.82) is 0 Å². The van der Waals surface area contributed by atoms with Gasteiger partial charge in [0.1, 0.15) is 9.77 Å². The van der Waals surface area contributed by atoms with Gasteiger partial charge < -0.3 is 4.74 Å². The molecule has 152 valence electrons. The molecule has 0 radical (unpaired) electrons. The number of piperidine rings is 1. The van der Waals surface area contributed by atoms with Crippen LogP contribution in [0.15, 0.2) is 40.9 Å². The molecule has 0 saturated carbocycles. The minimum Gasteiger partial charge on any atom is -0.465 e. The molecular formula is C19H25N3O4S2. The van der Waals surface area contributed by atoms with E-state index in [4.69, 9.17) is 4.74 Å². The molecule has 1 unspecified atom stereocenters. The number of carbonyl (C=O) groups is 1. The number of ether oxygens (including phenoxy) is 1. The van der Waals surface area contributed by atoms with Crippen molar-refractivity contribution in [2.75, 3.05) is 26.7 Å². The van der Waals surface area contributed by atoms with Crippen LogP contribution in [0.4, 0.5) is 0 Å². The maximum absolute atomic E-state index is 13.2. The number of thiophene rings is 1. The number of carbonyl (C=O) groups excluding carboxylic acids is 1. The van der Waals surface area contributed by atoms with Crippen molar-refractivity contribution in [2.45, 2.75) is 37.2 Å². The minimum absolute atomic E-state index is 0.0437. The zero-order chi connectivity index (χ0) is 20.1. The van der Waals surface area contributed by atoms with Gasteiger partial charge in [0.05, 0.1) is 7.11 Å². The van der Waals surface area contributed by atoms with E-state index in [0.29, 0.717) is 13.1 Å². The van der Waals surface area contributed by atoms with Crippen LogP contribution in [0.5, 0.6) is 0 Å². The zero-order valence-corrected chi connectivity index (χ0v) is 17.7. The first-order chi connectivity index (χ1) is 13.5. The molecule has 7 nitrogen and oxygen atoms in total. The van der Waals surface area contributed by atoms with E-state index in [9.17, 15) is 13.2 Å². The Bertz CT molecular complexity index is 899. The summed E-state index contributed by atoms with van der Waals surface area (Å²) in [6.07, 6.45) is 5.27. The van der Waals surface area contributed by atoms with Crippen molar-refractivity contribution < 1.29 is 17.9 Å². The summed E-state index contributed by atoms with van der Waals surface area (Å²) in [5.41, 5.74) is 1.16. The van der Waals surface area contributed by atoms with E-state index in [1.807, 2.05) is 12.1 Å². The fourth-order valence-electron chi connectivity index (χ4n) is 3.54. The third-order valence-electron chi connectivity index (χ3n) is 5.03. The van der Waals surface area contributed by atoms with Crippen LogP contribution in [-0.4, -0.2) is 61.4 Å². The van der Waals surface area contributed by atoms with Gasteiger partial charge in [-0.15, -0.1) is 11.3 Å². The van der Waals surface area contributed by atoms with Crippen molar-refractivity contribution in [3.05, 3.63) is 46.4 Å². The highest BCUT2D eigenvalue weighted by Gasteiger charge is 2.35. The van der Waals surface area contributed by atoms with Gasteiger partial charge in [0.25, 0.3) is 0 Å². The number of sulfonamides is 1. The lowest BCUT2D eigenvalue weighted by Crippen LogP contribution is -2.49. The van der Waals surface area contributed by atoms with E-state index >= 15 is 0 Å². The molecule has 3 heterocycles. The summed E-state index contributed by atoms with van der Waals surface area (Å²) in [6, 6.07) is 5.58. The predicted molar refractivity (Wildman–Crippen MR) is 108 cm³/mol. The van der Waals surface area contributed by atoms with Crippen LogP contribution in [0.3, 0.4) is 0 Å². The molecule has 0 aliphatic carbocycles. The fraction of sp³-hybridized carbons (Fsp3) is 0.474. The molecular weight excluding hydrogens is 398 g/mol. The van der Waals surface area contributed by atoms with Crippen LogP contribution in [-0.2, 0) is 21.3 Å². The van der Waals surface area contributed by atoms with Gasteiger partial charge in [-0.05, 0) is 48.5 Å². The van der Waals surface area contributed by atoms with Gasteiger partial charge in [-0.3, -0.25) is 9.88 Å². The van der Waals surface area contributed by atoms with E-state index in [0.717, 1.165) is 42.8 Å². The summed E-state index contributed by atoms with van der Waals surface area (Å²) in [5, 5.41) is 1.61. The number of rotatable bonds is 7. The highest BCUT2D eigenvalue weighted by atomic mass is 32.2. The van der Waals surface area contributed by atoms with Gasteiger partial charge in [0.15, 0.2) is 0 Å². The first-order valence-corrected chi connectivity index (χ1v) is 11.6. The molecule has 0 N–H and O–H groups in total. The van der Waals surface area contributed by atoms with Crippen molar-refractivity contribution in [1.82, 2.24) is 14.2 Å². The number of nitrogens with zero attached hydrogens (tertiary/aromatic N) is 3. The van der Waals surface area contributed by atoms with Crippen molar-refractivity contribution in [2.24, 2.45) is 0 Å². The van der Waals surface area contributed by atoms with Crippen molar-refractivity contribution >= 4 is 27.3 Å². The number of hydrogen-bond donors (Lipinski definition) is 0. The molecule has 0 spiro atoms. The van der Waals surface area contributed by atoms with Crippen molar-refractivity contribution in [3.8, 4) is 0 Å². The quantitative estimate of drug-likeness (QED) is 0.637. The van der Waals surface area contributed by atoms with E-state index in [2.05, 4.69) is 16.8 Å². The van der Waals surface area contributed by atoms with Gasteiger partial charge in [-0.1, -0.05) is 6.92 Å². The van der Waals surface area contributed by atoms with Crippen LogP contribution < -0.4 is 0 Å². The zero-order valence-electron chi connectivity index (χ0n) is 16.1. The lowest BCUT2D eigenvalue weighted by molar-refractivity contribution is 0.0602. The van der Waals surface area contributed by atoms with E-state index in [1.165, 1.54) is 17.5 Å². The Morgan fingerprint density at radius 1 is 1.36 bits per heavy atom. The summed E-state index contributed by atoms with van der Waals surface area (Å²) in [6.45, 7) is 4.54. The smallest absolute Gasteiger partial charge is 0.349 e. The van der Waals surface area contributed by atoms with E-state index in [-0.39, 0.29) is 15.8 Å². The number of esters is 1. The van der Waals surface area contributed by atoms with Gasteiger partial charge in [-0.2, -0.15) is 4.31 Å². The average Bonchev–Trinajstić information content (AvgIpc) is 3.23. The Balaban J connectivity index is 1.78. The molecule has 0 amide bonds. The lowest BCUT2D eigenvalue weighted by Gasteiger charge is -2.38. The molecule has 1 saturated heterocycles. The summed E-state index contributed by atoms with van der Waals surface area (Å²) in [4.78, 5) is 18.5. The molecule has 0 bridgehead atoms. The standard InChI is InChI=1S/C19H25N3O4S2/c1-3-21(13-15-6-9-20-10-7-15)16-5-4-11-22(14-16)28(24,25)17-8-12-27-18(17)19(23)26-2/h6-10,12,16H,3-5,11,13-14H2,1-2H3. The summed E-state index contributed by atoms with van der Waals surface area (Å²) in [5.74, 6) is -0.616. The Morgan fingerprint density at radius 2 is 2.11 bits per heavy atom. The number of aromatic nitrogens is 1. The number of likely N-dealkylation sites (N-methyl/N-ethyl adjacent to an activating group) is 1. The third kappa shape index (κ3) is 4.43. The number of hydrogen-bond acceptors (Lipinski definition) is 7. The maximum Gasteiger partial charge on any atom is 0.349 e. The molecule has 28 heavy (non-hydrogen) atoms. The van der Waals surface area contributed by atoms with Crippen LogP contribution in [0.25, 0.3) is 0 Å². The Hall–Kier alpha value is -1.81. The fourth-order valence-corrected chi connectivity index (χ4v) is 6.36. The molecule has 1 atom stereocenters. The third-order valence-corrected chi connectivity index (χ3v) is 7.97. The monoisotopic (exact) mass is 423 g/mol. The molecule has 1 aliphatic heterocycles. The van der Waals surface area contributed by atoms with Gasteiger partial charge in [0.2, 0.25) is 10.0 Å². The largest absolute Gasteiger partial charge is 0.465 e. The molecule has 1 fully saturated rings. The second-order valence-electron chi connectivity index (χ2n) is 6.68. The normalized spacial score (nSPS) is 18.3. The molecule has 1 aliphatic rings. The highest BCUT2D eigenvalue weighted by molar-refractivity contribution is 7.89. The molecule has 9 heteroatoms. The Labute approximate surface area is 170 Å². The second-order valence-corrected chi connectivity index (χ2v) is 9.51. The van der Waals surface area contributed by atoms with Crippen LogP contribution in [0.2, 0.25) is 0 Å². The summed E-state index contributed by atoms with van der Waals surface area (Å²) < 4.78 is 32.6. The summed E-state index contributed by atoms with van der Waals surface area (Å²) in [7, 11) is -2.49. The van der Waals surface area contributed by atoms with E-state index in [1.54, 1.807) is 17.8 Å². The maximum atomic E-state index is 13.2. The minimum atomic E-state index is -3.75. The van der Waals surface area contributed by atoms with Crippen LogP contribution in [0.1, 0.15) is 35.0 Å². The van der Waals surface area contributed by atoms with Crippen LogP contribution in [0, 0.1) is 0 Å². The van der Waals surface area contributed by atoms with Gasteiger partial charge >= 0.3 is 5.97 Å². The lowest BCUT2D eigenvalue weighted by atomic mass is 10.1. The molecule has 2 aromatic rings. The predicted octanol–water partition coefficient (Wildman–Crippen LogP) is 2.60. The highest BCUT2D eigenvalue weighted by Crippen LogP contribution is 2.29. The molecule has 0 aromatic carbocycles. The van der Waals surface area contributed by atoms with Crippen LogP contribution >= 0.6 is 11.3 Å². The van der Waals surface area contributed by atoms with Gasteiger partial charge in [-0.25, -0.2) is 13.2 Å². The number of pyridine rings is 1. The van der Waals surface area contributed by atoms with E-state index < -0.39 is 16.0 Å².